The van der Waals surface area contributed by atoms with Gasteiger partial charge in [-0.3, -0.25) is 4.98 Å². The molecule has 0 saturated carbocycles. The molecule has 0 atom stereocenters. The van der Waals surface area contributed by atoms with Crippen LogP contribution in [0, 0.1) is 0 Å². The Morgan fingerprint density at radius 2 is 2.15 bits per heavy atom. The summed E-state index contributed by atoms with van der Waals surface area (Å²) in [6.45, 7) is 0.484. The van der Waals surface area contributed by atoms with Gasteiger partial charge < -0.3 is 19.2 Å². The number of furan rings is 1. The third kappa shape index (κ3) is 2.22. The first-order valence-corrected chi connectivity index (χ1v) is 5.92. The minimum atomic E-state index is 0.241. The number of aromatic amines is 1. The number of nitrogens with one attached hydrogen (secondary N) is 2. The van der Waals surface area contributed by atoms with Crippen LogP contribution in [0.3, 0.4) is 0 Å². The first-order chi connectivity index (χ1) is 9.80. The zero-order valence-corrected chi connectivity index (χ0v) is 11.0. The number of fused-ring (bicyclic) bond motifs is 1. The van der Waals surface area contributed by atoms with Gasteiger partial charge in [-0.15, -0.1) is 0 Å². The van der Waals surface area contributed by atoms with E-state index in [1.165, 1.54) is 14.2 Å². The van der Waals surface area contributed by atoms with Crippen molar-refractivity contribution in [2.45, 2.75) is 6.54 Å². The van der Waals surface area contributed by atoms with Crippen LogP contribution in [0.15, 0.2) is 22.8 Å². The predicted molar refractivity (Wildman–Crippen MR) is 70.8 cm³/mol. The Bertz CT molecular complexity index is 707. The summed E-state index contributed by atoms with van der Waals surface area (Å²) in [6, 6.07) is 4.30. The number of imidazole rings is 1. The van der Waals surface area contributed by atoms with Gasteiger partial charge in [-0.25, -0.2) is 0 Å². The summed E-state index contributed by atoms with van der Waals surface area (Å²) in [4.78, 5) is 15.6. The number of methoxy groups -OCH3 is 2. The molecule has 20 heavy (non-hydrogen) atoms. The van der Waals surface area contributed by atoms with E-state index in [1.807, 2.05) is 12.1 Å². The highest BCUT2D eigenvalue weighted by atomic mass is 16.5. The second kappa shape index (κ2) is 5.08. The van der Waals surface area contributed by atoms with Gasteiger partial charge >= 0.3 is 6.01 Å². The molecule has 0 spiro atoms. The van der Waals surface area contributed by atoms with Gasteiger partial charge in [-0.05, 0) is 12.1 Å². The number of H-pyrrole nitrogens is 1. The van der Waals surface area contributed by atoms with Gasteiger partial charge in [-0.2, -0.15) is 15.0 Å². The molecule has 3 rings (SSSR count). The summed E-state index contributed by atoms with van der Waals surface area (Å²) >= 11 is 0. The zero-order valence-electron chi connectivity index (χ0n) is 11.0. The molecule has 3 aromatic heterocycles. The molecule has 0 aliphatic rings. The van der Waals surface area contributed by atoms with E-state index in [1.54, 1.807) is 6.26 Å². The smallest absolute Gasteiger partial charge is 0.320 e. The molecule has 0 radical (unpaired) electrons. The van der Waals surface area contributed by atoms with Crippen LogP contribution in [0.4, 0.5) is 5.82 Å². The van der Waals surface area contributed by atoms with E-state index >= 15 is 0 Å². The van der Waals surface area contributed by atoms with Crippen LogP contribution in [0.5, 0.6) is 12.0 Å². The standard InChI is InChI=1S/C12H13N5O3/c1-18-11-14-8-9(13-6-7-4-3-5-20-7)15-12(19-2)17-10(8)16-11/h3-5H,6H2,1-2H3,(H2,13,14,15,16,17). The Labute approximate surface area is 114 Å². The number of nitrogens with zero attached hydrogens (tertiary/aromatic N) is 3. The first kappa shape index (κ1) is 12.3. The third-order valence-electron chi connectivity index (χ3n) is 2.69. The van der Waals surface area contributed by atoms with E-state index in [-0.39, 0.29) is 6.01 Å². The molecule has 0 bridgehead atoms. The molecule has 0 aromatic carbocycles. The highest BCUT2D eigenvalue weighted by Gasteiger charge is 2.13. The second-order valence-electron chi connectivity index (χ2n) is 3.94. The van der Waals surface area contributed by atoms with Crippen LogP contribution in [0.1, 0.15) is 5.76 Å². The highest BCUT2D eigenvalue weighted by molar-refractivity contribution is 5.83. The van der Waals surface area contributed by atoms with Crippen molar-refractivity contribution < 1.29 is 13.9 Å². The van der Waals surface area contributed by atoms with E-state index in [0.717, 1.165) is 5.76 Å². The largest absolute Gasteiger partial charge is 0.468 e. The van der Waals surface area contributed by atoms with Gasteiger partial charge in [0.2, 0.25) is 0 Å². The van der Waals surface area contributed by atoms with E-state index in [2.05, 4.69) is 25.3 Å². The molecule has 0 aliphatic carbocycles. The summed E-state index contributed by atoms with van der Waals surface area (Å²) in [7, 11) is 3.03. The normalized spacial score (nSPS) is 10.7. The van der Waals surface area contributed by atoms with Gasteiger partial charge in [0.25, 0.3) is 6.01 Å². The van der Waals surface area contributed by atoms with E-state index in [0.29, 0.717) is 29.5 Å². The lowest BCUT2D eigenvalue weighted by atomic mass is 10.4. The maximum absolute atomic E-state index is 5.26. The first-order valence-electron chi connectivity index (χ1n) is 5.92. The van der Waals surface area contributed by atoms with Crippen LogP contribution in [0.2, 0.25) is 0 Å². The molecule has 0 amide bonds. The molecule has 3 aromatic rings. The van der Waals surface area contributed by atoms with Crippen LogP contribution in [-0.4, -0.2) is 34.2 Å². The molecule has 8 heteroatoms. The molecule has 8 nitrogen and oxygen atoms in total. The average Bonchev–Trinajstić information content (AvgIpc) is 3.12. The molecule has 0 aliphatic heterocycles. The number of rotatable bonds is 5. The van der Waals surface area contributed by atoms with Crippen molar-refractivity contribution in [3.8, 4) is 12.0 Å². The summed E-state index contributed by atoms with van der Waals surface area (Å²) in [5.41, 5.74) is 1.12. The van der Waals surface area contributed by atoms with Crippen molar-refractivity contribution in [3.63, 3.8) is 0 Å². The van der Waals surface area contributed by atoms with Crippen LogP contribution in [-0.2, 0) is 6.54 Å². The van der Waals surface area contributed by atoms with Gasteiger partial charge in [0, 0.05) is 0 Å². The Morgan fingerprint density at radius 3 is 2.85 bits per heavy atom. The molecule has 3 heterocycles. The summed E-state index contributed by atoms with van der Waals surface area (Å²) in [6.07, 6.45) is 1.62. The fourth-order valence-electron chi connectivity index (χ4n) is 1.75. The predicted octanol–water partition coefficient (Wildman–Crippen LogP) is 1.58. The van der Waals surface area contributed by atoms with Gasteiger partial charge in [0.15, 0.2) is 17.0 Å². The zero-order chi connectivity index (χ0) is 13.9. The highest BCUT2D eigenvalue weighted by Crippen LogP contribution is 2.23. The van der Waals surface area contributed by atoms with Crippen LogP contribution < -0.4 is 14.8 Å². The maximum Gasteiger partial charge on any atom is 0.320 e. The molecule has 104 valence electrons. The number of ether oxygens (including phenoxy) is 2. The fourth-order valence-corrected chi connectivity index (χ4v) is 1.75. The van der Waals surface area contributed by atoms with Crippen molar-refractivity contribution in [2.24, 2.45) is 0 Å². The van der Waals surface area contributed by atoms with Crippen molar-refractivity contribution in [1.82, 2.24) is 19.9 Å². The Morgan fingerprint density at radius 1 is 1.25 bits per heavy atom. The number of hydrogen-bond acceptors (Lipinski definition) is 7. The third-order valence-corrected chi connectivity index (χ3v) is 2.69. The Hall–Kier alpha value is -2.77. The Kier molecular flexibility index (Phi) is 3.12. The number of anilines is 1. The van der Waals surface area contributed by atoms with Gasteiger partial charge in [0.1, 0.15) is 5.76 Å². The summed E-state index contributed by atoms with van der Waals surface area (Å²) in [5, 5.41) is 3.14. The lowest BCUT2D eigenvalue weighted by Crippen LogP contribution is -2.03. The molecule has 2 N–H and O–H groups in total. The minimum absolute atomic E-state index is 0.241. The minimum Gasteiger partial charge on any atom is -0.468 e. The quantitative estimate of drug-likeness (QED) is 0.729. The lowest BCUT2D eigenvalue weighted by molar-refractivity contribution is 0.381. The van der Waals surface area contributed by atoms with E-state index in [4.69, 9.17) is 13.9 Å². The molecular formula is C12H13N5O3. The average molecular weight is 275 g/mol. The van der Waals surface area contributed by atoms with Crippen molar-refractivity contribution in [2.75, 3.05) is 19.5 Å². The molecular weight excluding hydrogens is 262 g/mol. The topological polar surface area (TPSA) is 98.1 Å². The summed E-state index contributed by atoms with van der Waals surface area (Å²) < 4.78 is 15.4. The van der Waals surface area contributed by atoms with E-state index in [9.17, 15) is 0 Å². The molecule has 0 saturated heterocycles. The number of hydrogen-bond donors (Lipinski definition) is 2. The second-order valence-corrected chi connectivity index (χ2v) is 3.94. The SMILES string of the molecule is COc1nc(NCc2ccco2)c2nc(OC)[nH]c2n1. The van der Waals surface area contributed by atoms with Crippen molar-refractivity contribution >= 4 is 17.0 Å². The van der Waals surface area contributed by atoms with Crippen molar-refractivity contribution in [1.29, 1.82) is 0 Å². The van der Waals surface area contributed by atoms with Crippen LogP contribution in [0.25, 0.3) is 11.2 Å². The van der Waals surface area contributed by atoms with Crippen molar-refractivity contribution in [3.05, 3.63) is 24.2 Å². The number of aromatic nitrogens is 4. The van der Waals surface area contributed by atoms with Gasteiger partial charge in [0.05, 0.1) is 27.0 Å². The van der Waals surface area contributed by atoms with Gasteiger partial charge in [-0.1, -0.05) is 0 Å². The maximum atomic E-state index is 5.26. The monoisotopic (exact) mass is 275 g/mol. The van der Waals surface area contributed by atoms with E-state index < -0.39 is 0 Å². The Balaban J connectivity index is 1.96. The lowest BCUT2D eigenvalue weighted by Gasteiger charge is -2.05. The molecule has 0 fully saturated rings. The molecule has 0 unspecified atom stereocenters. The van der Waals surface area contributed by atoms with Crippen LogP contribution >= 0.6 is 0 Å². The fraction of sp³-hybridized carbons (Fsp3) is 0.250. The summed E-state index contributed by atoms with van der Waals surface area (Å²) in [5.74, 6) is 1.33.